The molecule has 3 rings (SSSR count). The summed E-state index contributed by atoms with van der Waals surface area (Å²) in [5.41, 5.74) is 1.74. The predicted molar refractivity (Wildman–Crippen MR) is 85.4 cm³/mol. The highest BCUT2D eigenvalue weighted by molar-refractivity contribution is 6.58. The van der Waals surface area contributed by atoms with Gasteiger partial charge in [-0.25, -0.2) is 0 Å². The fourth-order valence-corrected chi connectivity index (χ4v) is 3.72. The highest BCUT2D eigenvalue weighted by Crippen LogP contribution is 2.25. The van der Waals surface area contributed by atoms with Gasteiger partial charge in [-0.3, -0.25) is 9.80 Å². The third-order valence-electron chi connectivity index (χ3n) is 4.95. The van der Waals surface area contributed by atoms with Crippen molar-refractivity contribution in [2.75, 3.05) is 19.6 Å². The van der Waals surface area contributed by atoms with Crippen molar-refractivity contribution in [3.05, 3.63) is 29.8 Å². The van der Waals surface area contributed by atoms with E-state index in [1.54, 1.807) is 6.07 Å². The molecule has 0 aromatic heterocycles. The van der Waals surface area contributed by atoms with Gasteiger partial charge in [0.15, 0.2) is 0 Å². The first-order chi connectivity index (χ1) is 10.1. The summed E-state index contributed by atoms with van der Waals surface area (Å²) in [6.45, 7) is 6.75. The van der Waals surface area contributed by atoms with E-state index in [1.165, 1.54) is 25.8 Å². The number of piperazine rings is 1. The fourth-order valence-electron chi connectivity index (χ4n) is 3.72. The highest BCUT2D eigenvalue weighted by Gasteiger charge is 2.32. The highest BCUT2D eigenvalue weighted by atomic mass is 16.4. The van der Waals surface area contributed by atoms with Crippen molar-refractivity contribution in [3.8, 4) is 0 Å². The van der Waals surface area contributed by atoms with Gasteiger partial charge < -0.3 is 10.0 Å². The zero-order valence-electron chi connectivity index (χ0n) is 12.8. The summed E-state index contributed by atoms with van der Waals surface area (Å²) in [6, 6.07) is 8.92. The lowest BCUT2D eigenvalue weighted by molar-refractivity contribution is 0.0111. The predicted octanol–water partition coefficient (Wildman–Crippen LogP) is 0.425. The van der Waals surface area contributed by atoms with E-state index in [4.69, 9.17) is 0 Å². The zero-order chi connectivity index (χ0) is 14.8. The number of piperidine rings is 1. The molecule has 5 heteroatoms. The molecule has 0 saturated carbocycles. The topological polar surface area (TPSA) is 46.9 Å². The van der Waals surface area contributed by atoms with Gasteiger partial charge in [-0.1, -0.05) is 30.7 Å². The van der Waals surface area contributed by atoms with Gasteiger partial charge in [0.05, 0.1) is 0 Å². The van der Waals surface area contributed by atoms with Gasteiger partial charge in [0.2, 0.25) is 0 Å². The molecule has 4 nitrogen and oxygen atoms in total. The van der Waals surface area contributed by atoms with Crippen molar-refractivity contribution in [2.24, 2.45) is 0 Å². The first-order valence-electron chi connectivity index (χ1n) is 8.06. The summed E-state index contributed by atoms with van der Waals surface area (Å²) in [6.07, 6.45) is 4.02. The van der Waals surface area contributed by atoms with Crippen molar-refractivity contribution in [3.63, 3.8) is 0 Å². The van der Waals surface area contributed by atoms with Crippen LogP contribution in [0, 0.1) is 0 Å². The zero-order valence-corrected chi connectivity index (χ0v) is 12.8. The van der Waals surface area contributed by atoms with Crippen molar-refractivity contribution in [1.82, 2.24) is 9.80 Å². The van der Waals surface area contributed by atoms with Crippen LogP contribution in [-0.2, 0) is 6.54 Å². The van der Waals surface area contributed by atoms with Crippen molar-refractivity contribution in [2.45, 2.75) is 44.8 Å². The minimum Gasteiger partial charge on any atom is -0.423 e. The average molecular weight is 288 g/mol. The average Bonchev–Trinajstić information content (AvgIpc) is 2.48. The molecule has 2 heterocycles. The monoisotopic (exact) mass is 288 g/mol. The molecule has 114 valence electrons. The summed E-state index contributed by atoms with van der Waals surface area (Å²) in [4.78, 5) is 5.19. The first-order valence-corrected chi connectivity index (χ1v) is 8.06. The van der Waals surface area contributed by atoms with E-state index in [-0.39, 0.29) is 0 Å². The molecule has 0 spiro atoms. The third kappa shape index (κ3) is 3.48. The van der Waals surface area contributed by atoms with Crippen LogP contribution in [-0.4, -0.2) is 58.7 Å². The Labute approximate surface area is 127 Å². The standard InChI is InChI=1S/C16H25BN2O2/c1-13-10-18-8-3-2-7-16(18)12-19(13)11-14-5-4-6-15(9-14)17(20)21/h4-6,9,13,16,20-21H,2-3,7-8,10-12H2,1H3. The summed E-state index contributed by atoms with van der Waals surface area (Å²) < 4.78 is 0. The van der Waals surface area contributed by atoms with Gasteiger partial charge in [-0.15, -0.1) is 0 Å². The van der Waals surface area contributed by atoms with Crippen LogP contribution in [0.15, 0.2) is 24.3 Å². The van der Waals surface area contributed by atoms with Crippen LogP contribution in [0.25, 0.3) is 0 Å². The summed E-state index contributed by atoms with van der Waals surface area (Å²) >= 11 is 0. The third-order valence-corrected chi connectivity index (χ3v) is 4.95. The minimum absolute atomic E-state index is 0.557. The summed E-state index contributed by atoms with van der Waals surface area (Å²) in [7, 11) is -1.38. The van der Waals surface area contributed by atoms with Crippen LogP contribution < -0.4 is 5.46 Å². The molecular weight excluding hydrogens is 263 g/mol. The SMILES string of the molecule is CC1CN2CCCCC2CN1Cc1cccc(B(O)O)c1. The summed E-state index contributed by atoms with van der Waals surface area (Å²) in [5.74, 6) is 0. The van der Waals surface area contributed by atoms with Crippen LogP contribution in [0.1, 0.15) is 31.7 Å². The van der Waals surface area contributed by atoms with Crippen LogP contribution in [0.5, 0.6) is 0 Å². The molecule has 2 atom stereocenters. The summed E-state index contributed by atoms with van der Waals surface area (Å²) in [5, 5.41) is 18.6. The molecule has 2 aliphatic rings. The number of fused-ring (bicyclic) bond motifs is 1. The minimum atomic E-state index is -1.38. The van der Waals surface area contributed by atoms with Gasteiger partial charge >= 0.3 is 7.12 Å². The molecule has 0 amide bonds. The van der Waals surface area contributed by atoms with Gasteiger partial charge in [0, 0.05) is 31.7 Å². The lowest BCUT2D eigenvalue weighted by atomic mass is 9.79. The molecule has 0 bridgehead atoms. The smallest absolute Gasteiger partial charge is 0.423 e. The van der Waals surface area contributed by atoms with Gasteiger partial charge in [-0.2, -0.15) is 0 Å². The molecule has 0 radical (unpaired) electrons. The van der Waals surface area contributed by atoms with Crippen LogP contribution in [0.2, 0.25) is 0 Å². The van der Waals surface area contributed by atoms with Crippen molar-refractivity contribution >= 4 is 12.6 Å². The quantitative estimate of drug-likeness (QED) is 0.792. The molecule has 2 saturated heterocycles. The molecule has 2 N–H and O–H groups in total. The Morgan fingerprint density at radius 3 is 2.90 bits per heavy atom. The number of rotatable bonds is 3. The largest absolute Gasteiger partial charge is 0.488 e. The van der Waals surface area contributed by atoms with E-state index in [9.17, 15) is 10.0 Å². The normalized spacial score (nSPS) is 27.4. The maximum Gasteiger partial charge on any atom is 0.488 e. The van der Waals surface area contributed by atoms with Crippen molar-refractivity contribution < 1.29 is 10.0 Å². The number of hydrogen-bond donors (Lipinski definition) is 2. The van der Waals surface area contributed by atoms with Crippen LogP contribution in [0.3, 0.4) is 0 Å². The van der Waals surface area contributed by atoms with E-state index in [1.807, 2.05) is 12.1 Å². The van der Waals surface area contributed by atoms with E-state index >= 15 is 0 Å². The Bertz CT molecular complexity index is 483. The maximum atomic E-state index is 9.30. The fraction of sp³-hybridized carbons (Fsp3) is 0.625. The van der Waals surface area contributed by atoms with E-state index in [2.05, 4.69) is 22.8 Å². The molecular formula is C16H25BN2O2. The van der Waals surface area contributed by atoms with Gasteiger partial charge in [0.25, 0.3) is 0 Å². The maximum absolute atomic E-state index is 9.30. The molecule has 1 aromatic carbocycles. The lowest BCUT2D eigenvalue weighted by Gasteiger charge is -2.47. The van der Waals surface area contributed by atoms with E-state index in [0.29, 0.717) is 17.5 Å². The Hall–Kier alpha value is -0.875. The van der Waals surface area contributed by atoms with Crippen LogP contribution in [0.4, 0.5) is 0 Å². The molecule has 1 aromatic rings. The molecule has 2 aliphatic heterocycles. The lowest BCUT2D eigenvalue weighted by Crippen LogP contribution is -2.58. The number of nitrogens with zero attached hydrogens (tertiary/aromatic N) is 2. The van der Waals surface area contributed by atoms with Gasteiger partial charge in [-0.05, 0) is 37.3 Å². The second-order valence-corrected chi connectivity index (χ2v) is 6.54. The Morgan fingerprint density at radius 1 is 1.24 bits per heavy atom. The molecule has 21 heavy (non-hydrogen) atoms. The Balaban J connectivity index is 1.68. The number of hydrogen-bond acceptors (Lipinski definition) is 4. The second kappa shape index (κ2) is 6.49. The Morgan fingerprint density at radius 2 is 2.10 bits per heavy atom. The first kappa shape index (κ1) is 15.0. The second-order valence-electron chi connectivity index (χ2n) is 6.54. The van der Waals surface area contributed by atoms with E-state index in [0.717, 1.165) is 25.2 Å². The molecule has 2 unspecified atom stereocenters. The Kier molecular flexibility index (Phi) is 4.64. The van der Waals surface area contributed by atoms with Crippen molar-refractivity contribution in [1.29, 1.82) is 0 Å². The van der Waals surface area contributed by atoms with Crippen LogP contribution >= 0.6 is 0 Å². The van der Waals surface area contributed by atoms with E-state index < -0.39 is 7.12 Å². The van der Waals surface area contributed by atoms with Gasteiger partial charge in [0.1, 0.15) is 0 Å². The molecule has 2 fully saturated rings. The number of benzene rings is 1. The molecule has 0 aliphatic carbocycles.